The number of carbonyl (C=O) groups excluding carboxylic acids is 2. The molecule has 4 nitrogen and oxygen atoms in total. The molecule has 0 unspecified atom stereocenters. The van der Waals surface area contributed by atoms with Crippen molar-refractivity contribution in [3.05, 3.63) is 29.8 Å². The molecule has 0 aliphatic carbocycles. The second-order valence-corrected chi connectivity index (χ2v) is 3.11. The molecule has 0 aliphatic rings. The Labute approximate surface area is 88.0 Å². The van der Waals surface area contributed by atoms with Gasteiger partial charge in [-0.25, -0.2) is 0 Å². The molecule has 15 heavy (non-hydrogen) atoms. The smallest absolute Gasteiger partial charge is 0.217 e. The highest BCUT2D eigenvalue weighted by Gasteiger charge is 1.96. The summed E-state index contributed by atoms with van der Waals surface area (Å²) in [5.74, 6) is 0.361. The quantitative estimate of drug-likeness (QED) is 0.561. The minimum Gasteiger partial charge on any atom is -0.494 e. The van der Waals surface area contributed by atoms with Crippen molar-refractivity contribution in [2.45, 2.75) is 12.8 Å². The van der Waals surface area contributed by atoms with Crippen molar-refractivity contribution in [1.82, 2.24) is 0 Å². The lowest BCUT2D eigenvalue weighted by Gasteiger charge is -2.04. The van der Waals surface area contributed by atoms with Crippen molar-refractivity contribution < 1.29 is 14.3 Å². The molecule has 0 atom stereocenters. The number of hydrogen-bond donors (Lipinski definition) is 1. The highest BCUT2D eigenvalue weighted by Crippen LogP contribution is 2.11. The van der Waals surface area contributed by atoms with Gasteiger partial charge >= 0.3 is 0 Å². The summed E-state index contributed by atoms with van der Waals surface area (Å²) in [7, 11) is 0. The van der Waals surface area contributed by atoms with Crippen LogP contribution in [0.5, 0.6) is 5.75 Å². The lowest BCUT2D eigenvalue weighted by atomic mass is 10.2. The van der Waals surface area contributed by atoms with E-state index in [1.54, 1.807) is 24.3 Å². The fourth-order valence-electron chi connectivity index (χ4n) is 1.08. The first kappa shape index (κ1) is 11.2. The molecule has 2 N–H and O–H groups in total. The van der Waals surface area contributed by atoms with E-state index in [9.17, 15) is 9.59 Å². The van der Waals surface area contributed by atoms with E-state index in [1.165, 1.54) is 0 Å². The third kappa shape index (κ3) is 4.26. The minimum atomic E-state index is -0.324. The molecule has 1 aromatic rings. The van der Waals surface area contributed by atoms with E-state index in [4.69, 9.17) is 10.5 Å². The summed E-state index contributed by atoms with van der Waals surface area (Å²) in [5, 5.41) is 0. The highest BCUT2D eigenvalue weighted by molar-refractivity contribution is 5.74. The topological polar surface area (TPSA) is 69.4 Å². The molecule has 0 heterocycles. The average molecular weight is 207 g/mol. The number of rotatable bonds is 6. The van der Waals surface area contributed by atoms with Gasteiger partial charge < -0.3 is 10.5 Å². The Morgan fingerprint density at radius 3 is 2.53 bits per heavy atom. The Kier molecular flexibility index (Phi) is 4.34. The summed E-state index contributed by atoms with van der Waals surface area (Å²) in [5.41, 5.74) is 5.59. The van der Waals surface area contributed by atoms with Crippen LogP contribution in [0.25, 0.3) is 0 Å². The predicted octanol–water partition coefficient (Wildman–Crippen LogP) is 1.14. The number of ether oxygens (including phenoxy) is 1. The van der Waals surface area contributed by atoms with Crippen molar-refractivity contribution >= 4 is 12.2 Å². The van der Waals surface area contributed by atoms with Crippen molar-refractivity contribution in [3.8, 4) is 5.75 Å². The van der Waals surface area contributed by atoms with Crippen LogP contribution in [0.4, 0.5) is 0 Å². The van der Waals surface area contributed by atoms with E-state index in [1.807, 2.05) is 0 Å². The first-order chi connectivity index (χ1) is 7.22. The van der Waals surface area contributed by atoms with Gasteiger partial charge in [0.25, 0.3) is 0 Å². The van der Waals surface area contributed by atoms with Gasteiger partial charge in [-0.2, -0.15) is 0 Å². The van der Waals surface area contributed by atoms with Gasteiger partial charge in [-0.3, -0.25) is 9.59 Å². The lowest BCUT2D eigenvalue weighted by Crippen LogP contribution is -2.11. The zero-order chi connectivity index (χ0) is 11.1. The summed E-state index contributed by atoms with van der Waals surface area (Å²) in [4.78, 5) is 20.8. The van der Waals surface area contributed by atoms with Crippen molar-refractivity contribution in [1.29, 1.82) is 0 Å². The predicted molar refractivity (Wildman–Crippen MR) is 55.8 cm³/mol. The van der Waals surface area contributed by atoms with Gasteiger partial charge in [-0.05, 0) is 30.7 Å². The molecule has 0 radical (unpaired) electrons. The first-order valence-electron chi connectivity index (χ1n) is 4.68. The Bertz CT molecular complexity index is 332. The number of primary amides is 1. The molecule has 0 bridgehead atoms. The Morgan fingerprint density at radius 1 is 1.33 bits per heavy atom. The lowest BCUT2D eigenvalue weighted by molar-refractivity contribution is -0.118. The van der Waals surface area contributed by atoms with E-state index >= 15 is 0 Å². The molecule has 1 rings (SSSR count). The molecular formula is C11H13NO3. The molecule has 1 amide bonds. The van der Waals surface area contributed by atoms with E-state index < -0.39 is 0 Å². The summed E-state index contributed by atoms with van der Waals surface area (Å²) in [6.45, 7) is 0.448. The van der Waals surface area contributed by atoms with Crippen molar-refractivity contribution in [2.75, 3.05) is 6.61 Å². The standard InChI is InChI=1S/C11H13NO3/c12-11(14)2-1-7-15-10-5-3-9(8-13)4-6-10/h3-6,8H,1-2,7H2,(H2,12,14). The fraction of sp³-hybridized carbons (Fsp3) is 0.273. The third-order valence-electron chi connectivity index (χ3n) is 1.85. The second kappa shape index (κ2) is 5.80. The van der Waals surface area contributed by atoms with Gasteiger partial charge in [0.2, 0.25) is 5.91 Å². The van der Waals surface area contributed by atoms with Crippen LogP contribution in [0.2, 0.25) is 0 Å². The average Bonchev–Trinajstić information content (AvgIpc) is 2.25. The monoisotopic (exact) mass is 207 g/mol. The third-order valence-corrected chi connectivity index (χ3v) is 1.85. The normalized spacial score (nSPS) is 9.60. The van der Waals surface area contributed by atoms with Crippen LogP contribution in [-0.2, 0) is 4.79 Å². The minimum absolute atomic E-state index is 0.324. The van der Waals surface area contributed by atoms with E-state index in [0.717, 1.165) is 6.29 Å². The van der Waals surface area contributed by atoms with Crippen molar-refractivity contribution in [3.63, 3.8) is 0 Å². The molecule has 4 heteroatoms. The summed E-state index contributed by atoms with van der Waals surface area (Å²) in [6.07, 6.45) is 1.70. The van der Waals surface area contributed by atoms with E-state index in [2.05, 4.69) is 0 Å². The fourth-order valence-corrected chi connectivity index (χ4v) is 1.08. The maximum Gasteiger partial charge on any atom is 0.217 e. The zero-order valence-corrected chi connectivity index (χ0v) is 8.31. The van der Waals surface area contributed by atoms with Crippen LogP contribution in [-0.4, -0.2) is 18.8 Å². The van der Waals surface area contributed by atoms with Gasteiger partial charge in [0.05, 0.1) is 6.61 Å². The van der Waals surface area contributed by atoms with E-state index in [-0.39, 0.29) is 5.91 Å². The molecule has 0 saturated carbocycles. The van der Waals surface area contributed by atoms with Crippen LogP contribution in [0, 0.1) is 0 Å². The van der Waals surface area contributed by atoms with Crippen LogP contribution in [0.15, 0.2) is 24.3 Å². The van der Waals surface area contributed by atoms with Gasteiger partial charge in [0, 0.05) is 12.0 Å². The summed E-state index contributed by atoms with van der Waals surface area (Å²) < 4.78 is 5.33. The Balaban J connectivity index is 2.31. The molecule has 0 aliphatic heterocycles. The Morgan fingerprint density at radius 2 is 2.00 bits per heavy atom. The number of amides is 1. The zero-order valence-electron chi connectivity index (χ0n) is 8.31. The van der Waals surface area contributed by atoms with Crippen LogP contribution < -0.4 is 10.5 Å². The largest absolute Gasteiger partial charge is 0.494 e. The number of hydrogen-bond acceptors (Lipinski definition) is 3. The van der Waals surface area contributed by atoms with Gasteiger partial charge in [-0.1, -0.05) is 0 Å². The van der Waals surface area contributed by atoms with Gasteiger partial charge in [0.15, 0.2) is 0 Å². The second-order valence-electron chi connectivity index (χ2n) is 3.11. The molecule has 0 saturated heterocycles. The Hall–Kier alpha value is -1.84. The molecule has 0 aromatic heterocycles. The SMILES string of the molecule is NC(=O)CCCOc1ccc(C=O)cc1. The number of benzene rings is 1. The van der Waals surface area contributed by atoms with Crippen LogP contribution in [0.3, 0.4) is 0 Å². The maximum absolute atomic E-state index is 10.4. The molecular weight excluding hydrogens is 194 g/mol. The van der Waals surface area contributed by atoms with Crippen LogP contribution >= 0.6 is 0 Å². The number of carbonyl (C=O) groups is 2. The first-order valence-corrected chi connectivity index (χ1v) is 4.68. The molecule has 80 valence electrons. The summed E-state index contributed by atoms with van der Waals surface area (Å²) >= 11 is 0. The van der Waals surface area contributed by atoms with Gasteiger partial charge in [-0.15, -0.1) is 0 Å². The van der Waals surface area contributed by atoms with Crippen molar-refractivity contribution in [2.24, 2.45) is 5.73 Å². The maximum atomic E-state index is 10.4. The molecule has 0 fully saturated rings. The van der Waals surface area contributed by atoms with E-state index in [0.29, 0.717) is 30.8 Å². The molecule has 1 aromatic carbocycles. The van der Waals surface area contributed by atoms with Gasteiger partial charge in [0.1, 0.15) is 12.0 Å². The summed E-state index contributed by atoms with van der Waals surface area (Å²) in [6, 6.07) is 6.79. The van der Waals surface area contributed by atoms with Crippen LogP contribution in [0.1, 0.15) is 23.2 Å². The highest BCUT2D eigenvalue weighted by atomic mass is 16.5. The molecule has 0 spiro atoms. The number of aldehydes is 1. The number of nitrogens with two attached hydrogens (primary N) is 1.